The van der Waals surface area contributed by atoms with E-state index in [1.165, 1.54) is 12.1 Å². The summed E-state index contributed by atoms with van der Waals surface area (Å²) in [6.45, 7) is 0. The molecule has 0 saturated carbocycles. The Hall–Kier alpha value is -2.79. The lowest BCUT2D eigenvalue weighted by Gasteiger charge is -2.08. The monoisotopic (exact) mass is 381 g/mol. The van der Waals surface area contributed by atoms with E-state index in [1.807, 2.05) is 36.4 Å². The molecule has 0 amide bonds. The topological polar surface area (TPSA) is 12.4 Å². The maximum absolute atomic E-state index is 12.4. The lowest BCUT2D eigenvalue weighted by molar-refractivity contribution is -0.0328. The van der Waals surface area contributed by atoms with Crippen molar-refractivity contribution in [2.24, 2.45) is 4.99 Å². The number of thioether (sulfide) groups is 1. The van der Waals surface area contributed by atoms with Crippen molar-refractivity contribution in [3.63, 3.8) is 0 Å². The lowest BCUT2D eigenvalue weighted by atomic mass is 9.97. The Morgan fingerprint density at radius 3 is 1.85 bits per heavy atom. The van der Waals surface area contributed by atoms with Gasteiger partial charge >= 0.3 is 5.51 Å². The zero-order valence-electron chi connectivity index (χ0n) is 14.1. The Labute approximate surface area is 158 Å². The van der Waals surface area contributed by atoms with Crippen LogP contribution in [0.3, 0.4) is 0 Å². The van der Waals surface area contributed by atoms with Crippen LogP contribution in [0.5, 0.6) is 0 Å². The van der Waals surface area contributed by atoms with Crippen LogP contribution in [0.2, 0.25) is 0 Å². The highest BCUT2D eigenvalue weighted by Crippen LogP contribution is 2.37. The molecule has 0 saturated heterocycles. The van der Waals surface area contributed by atoms with Gasteiger partial charge in [-0.2, -0.15) is 13.2 Å². The normalized spacial score (nSPS) is 12.3. The highest BCUT2D eigenvalue weighted by atomic mass is 32.2. The van der Waals surface area contributed by atoms with E-state index in [4.69, 9.17) is 0 Å². The van der Waals surface area contributed by atoms with Gasteiger partial charge in [0.05, 0.1) is 5.69 Å². The first kappa shape index (κ1) is 17.6. The van der Waals surface area contributed by atoms with Crippen LogP contribution in [0.4, 0.5) is 18.9 Å². The summed E-state index contributed by atoms with van der Waals surface area (Å²) in [6.07, 6.45) is 1.79. The van der Waals surface area contributed by atoms with Gasteiger partial charge in [-0.3, -0.25) is 4.99 Å². The molecule has 1 nitrogen and oxygen atoms in total. The zero-order chi connectivity index (χ0) is 18.9. The molecule has 0 bridgehead atoms. The molecular weight excluding hydrogens is 367 g/mol. The van der Waals surface area contributed by atoms with E-state index in [2.05, 4.69) is 23.2 Å². The van der Waals surface area contributed by atoms with Crippen LogP contribution in [-0.4, -0.2) is 11.7 Å². The summed E-state index contributed by atoms with van der Waals surface area (Å²) in [7, 11) is 0. The van der Waals surface area contributed by atoms with Gasteiger partial charge in [-0.1, -0.05) is 48.5 Å². The van der Waals surface area contributed by atoms with Crippen molar-refractivity contribution in [3.05, 3.63) is 84.4 Å². The van der Waals surface area contributed by atoms with Crippen LogP contribution in [0.15, 0.2) is 88.8 Å². The maximum Gasteiger partial charge on any atom is 0.446 e. The molecule has 5 heteroatoms. The number of hydrogen-bond donors (Lipinski definition) is 0. The summed E-state index contributed by atoms with van der Waals surface area (Å²) in [6, 6.07) is 24.4. The number of aliphatic imine (C=N–C) groups is 1. The first-order valence-corrected chi connectivity index (χ1v) is 9.12. The number of fused-ring (bicyclic) bond motifs is 2. The van der Waals surface area contributed by atoms with E-state index in [0.29, 0.717) is 5.69 Å². The Kier molecular flexibility index (Phi) is 4.62. The molecule has 0 N–H and O–H groups in total. The molecular formula is C22H14F3NS. The number of halogens is 3. The SMILES string of the molecule is FC(F)(F)Sc1ccc(N=Cc2c3ccccc3cc3ccccc23)cc1. The lowest BCUT2D eigenvalue weighted by Crippen LogP contribution is -1.98. The van der Waals surface area contributed by atoms with E-state index in [1.54, 1.807) is 18.3 Å². The number of benzene rings is 4. The molecule has 0 atom stereocenters. The summed E-state index contributed by atoms with van der Waals surface area (Å²) in [5, 5.41) is 4.41. The maximum atomic E-state index is 12.4. The molecule has 0 spiro atoms. The van der Waals surface area contributed by atoms with Crippen LogP contribution < -0.4 is 0 Å². The van der Waals surface area contributed by atoms with Crippen LogP contribution in [0.1, 0.15) is 5.56 Å². The Balaban J connectivity index is 1.74. The molecule has 0 aromatic heterocycles. The van der Waals surface area contributed by atoms with Gasteiger partial charge < -0.3 is 0 Å². The molecule has 134 valence electrons. The molecule has 0 fully saturated rings. The second kappa shape index (κ2) is 7.08. The van der Waals surface area contributed by atoms with E-state index in [0.717, 1.165) is 27.1 Å². The first-order chi connectivity index (χ1) is 13.0. The van der Waals surface area contributed by atoms with Crippen molar-refractivity contribution in [2.75, 3.05) is 0 Å². The van der Waals surface area contributed by atoms with E-state index >= 15 is 0 Å². The van der Waals surface area contributed by atoms with Crippen LogP contribution in [-0.2, 0) is 0 Å². The summed E-state index contributed by atoms with van der Waals surface area (Å²) < 4.78 is 37.3. The standard InChI is InChI=1S/C22H14F3NS/c23-22(24,25)27-18-11-9-17(10-12-18)26-14-21-19-7-3-1-5-15(19)13-16-6-2-4-8-20(16)21/h1-14H. The van der Waals surface area contributed by atoms with Gasteiger partial charge in [-0.25, -0.2) is 0 Å². The Bertz CT molecular complexity index is 1080. The molecule has 4 aromatic rings. The van der Waals surface area contributed by atoms with Crippen molar-refractivity contribution in [1.82, 2.24) is 0 Å². The van der Waals surface area contributed by atoms with Crippen molar-refractivity contribution in [2.45, 2.75) is 10.4 Å². The number of rotatable bonds is 3. The van der Waals surface area contributed by atoms with Crippen molar-refractivity contribution < 1.29 is 13.2 Å². The minimum atomic E-state index is -4.29. The summed E-state index contributed by atoms with van der Waals surface area (Å²) in [5.41, 5.74) is -2.68. The molecule has 0 unspecified atom stereocenters. The van der Waals surface area contributed by atoms with Gasteiger partial charge in [0.1, 0.15) is 0 Å². The third-order valence-corrected chi connectivity index (χ3v) is 4.97. The van der Waals surface area contributed by atoms with Crippen molar-refractivity contribution in [3.8, 4) is 0 Å². The predicted molar refractivity (Wildman–Crippen MR) is 107 cm³/mol. The second-order valence-corrected chi connectivity index (χ2v) is 7.17. The Morgan fingerprint density at radius 2 is 1.30 bits per heavy atom. The molecule has 4 aromatic carbocycles. The fourth-order valence-electron chi connectivity index (χ4n) is 3.06. The van der Waals surface area contributed by atoms with Gasteiger partial charge in [0.25, 0.3) is 0 Å². The largest absolute Gasteiger partial charge is 0.446 e. The van der Waals surface area contributed by atoms with Gasteiger partial charge in [-0.15, -0.1) is 0 Å². The van der Waals surface area contributed by atoms with Crippen LogP contribution in [0, 0.1) is 0 Å². The van der Waals surface area contributed by atoms with Crippen LogP contribution in [0.25, 0.3) is 21.5 Å². The average molecular weight is 381 g/mol. The summed E-state index contributed by atoms with van der Waals surface area (Å²) in [5.74, 6) is 0. The molecule has 0 aliphatic heterocycles. The zero-order valence-corrected chi connectivity index (χ0v) is 14.9. The number of hydrogen-bond acceptors (Lipinski definition) is 2. The molecule has 0 aliphatic rings. The molecule has 0 radical (unpaired) electrons. The number of nitrogens with zero attached hydrogens (tertiary/aromatic N) is 1. The fourth-order valence-corrected chi connectivity index (χ4v) is 3.60. The second-order valence-electron chi connectivity index (χ2n) is 6.03. The smallest absolute Gasteiger partial charge is 0.256 e. The predicted octanol–water partition coefficient (Wildman–Crippen LogP) is 7.36. The number of alkyl halides is 3. The third kappa shape index (κ3) is 3.98. The van der Waals surface area contributed by atoms with Gasteiger partial charge in [-0.05, 0) is 63.6 Å². The van der Waals surface area contributed by atoms with Gasteiger partial charge in [0.2, 0.25) is 0 Å². The molecule has 4 rings (SSSR count). The average Bonchev–Trinajstić information content (AvgIpc) is 2.65. The molecule has 0 heterocycles. The van der Waals surface area contributed by atoms with Crippen molar-refractivity contribution >= 4 is 45.2 Å². The van der Waals surface area contributed by atoms with E-state index < -0.39 is 5.51 Å². The third-order valence-electron chi connectivity index (χ3n) is 4.23. The van der Waals surface area contributed by atoms with E-state index in [9.17, 15) is 13.2 Å². The van der Waals surface area contributed by atoms with Gasteiger partial charge in [0.15, 0.2) is 0 Å². The van der Waals surface area contributed by atoms with Crippen molar-refractivity contribution in [1.29, 1.82) is 0 Å². The highest BCUT2D eigenvalue weighted by Gasteiger charge is 2.28. The first-order valence-electron chi connectivity index (χ1n) is 8.30. The van der Waals surface area contributed by atoms with Crippen LogP contribution >= 0.6 is 11.8 Å². The summed E-state index contributed by atoms with van der Waals surface area (Å²) in [4.78, 5) is 4.65. The quantitative estimate of drug-likeness (QED) is 0.205. The fraction of sp³-hybridized carbons (Fsp3) is 0.0455. The Morgan fingerprint density at radius 1 is 0.741 bits per heavy atom. The minimum absolute atomic E-state index is 0.124. The molecule has 0 aliphatic carbocycles. The molecule has 27 heavy (non-hydrogen) atoms. The summed E-state index contributed by atoms with van der Waals surface area (Å²) >= 11 is -0.124. The van der Waals surface area contributed by atoms with E-state index in [-0.39, 0.29) is 16.7 Å². The highest BCUT2D eigenvalue weighted by molar-refractivity contribution is 8.00. The minimum Gasteiger partial charge on any atom is -0.256 e. The van der Waals surface area contributed by atoms with Gasteiger partial charge in [0, 0.05) is 16.7 Å².